The molecule has 1 aliphatic heterocycles. The topological polar surface area (TPSA) is 65.7 Å². The molecular formula is C22H27N5OS. The Morgan fingerprint density at radius 3 is 2.93 bits per heavy atom. The lowest BCUT2D eigenvalue weighted by Crippen LogP contribution is -2.44. The van der Waals surface area contributed by atoms with Crippen LogP contribution in [0.5, 0.6) is 0 Å². The van der Waals surface area contributed by atoms with Crippen molar-refractivity contribution in [3.8, 4) is 10.8 Å². The molecule has 29 heavy (non-hydrogen) atoms. The van der Waals surface area contributed by atoms with Crippen LogP contribution in [-0.2, 0) is 13.1 Å². The number of guanidine groups is 1. The number of nitrogens with one attached hydrogen (secondary N) is 2. The number of aromatic nitrogens is 1. The van der Waals surface area contributed by atoms with E-state index in [-0.39, 0.29) is 0 Å². The number of likely N-dealkylation sites (tertiary alicyclic amines) is 1. The van der Waals surface area contributed by atoms with Crippen LogP contribution in [-0.4, -0.2) is 42.0 Å². The Morgan fingerprint density at radius 1 is 1.24 bits per heavy atom. The molecule has 1 unspecified atom stereocenters. The number of thiophene rings is 1. The van der Waals surface area contributed by atoms with E-state index in [0.29, 0.717) is 18.5 Å². The summed E-state index contributed by atoms with van der Waals surface area (Å²) in [6.07, 6.45) is 4.16. The van der Waals surface area contributed by atoms with Crippen molar-refractivity contribution in [2.24, 2.45) is 4.99 Å². The van der Waals surface area contributed by atoms with Crippen LogP contribution in [0.4, 0.5) is 0 Å². The van der Waals surface area contributed by atoms with Gasteiger partial charge in [0.25, 0.3) is 0 Å². The molecule has 0 bridgehead atoms. The molecule has 1 aromatic carbocycles. The molecule has 2 aromatic heterocycles. The summed E-state index contributed by atoms with van der Waals surface area (Å²) in [6, 6.07) is 15.2. The van der Waals surface area contributed by atoms with Gasteiger partial charge in [0.1, 0.15) is 6.26 Å². The Hall–Kier alpha value is -2.64. The van der Waals surface area contributed by atoms with Gasteiger partial charge in [-0.2, -0.15) is 0 Å². The molecule has 1 aliphatic rings. The van der Waals surface area contributed by atoms with Gasteiger partial charge in [-0.05, 0) is 36.4 Å². The van der Waals surface area contributed by atoms with E-state index in [2.05, 4.69) is 55.8 Å². The molecule has 1 atom stereocenters. The van der Waals surface area contributed by atoms with Gasteiger partial charge < -0.3 is 15.1 Å². The van der Waals surface area contributed by atoms with Crippen LogP contribution >= 0.6 is 11.3 Å². The average molecular weight is 410 g/mol. The van der Waals surface area contributed by atoms with Crippen molar-refractivity contribution >= 4 is 17.3 Å². The minimum Gasteiger partial charge on any atom is -0.443 e. The smallest absolute Gasteiger partial charge is 0.236 e. The minimum absolute atomic E-state index is 0.520. The number of nitrogens with zero attached hydrogens (tertiary/aromatic N) is 3. The SMILES string of the molecule is CN=C(NCc1coc(-c2cccs2)n1)NCC1CCCN1Cc1ccccc1. The van der Waals surface area contributed by atoms with Crippen molar-refractivity contribution < 1.29 is 4.42 Å². The highest BCUT2D eigenvalue weighted by atomic mass is 32.1. The van der Waals surface area contributed by atoms with Crippen molar-refractivity contribution in [2.75, 3.05) is 20.1 Å². The highest BCUT2D eigenvalue weighted by Gasteiger charge is 2.24. The molecule has 1 saturated heterocycles. The fraction of sp³-hybridized carbons (Fsp3) is 0.364. The third-order valence-corrected chi connectivity index (χ3v) is 6.03. The van der Waals surface area contributed by atoms with Gasteiger partial charge in [0, 0.05) is 26.2 Å². The molecule has 0 spiro atoms. The first-order valence-electron chi connectivity index (χ1n) is 10.0. The van der Waals surface area contributed by atoms with E-state index in [1.165, 1.54) is 18.4 Å². The lowest BCUT2D eigenvalue weighted by Gasteiger charge is -2.25. The van der Waals surface area contributed by atoms with Gasteiger partial charge in [0.2, 0.25) is 5.89 Å². The number of oxazole rings is 1. The summed E-state index contributed by atoms with van der Waals surface area (Å²) in [4.78, 5) is 12.5. The molecule has 0 radical (unpaired) electrons. The zero-order valence-corrected chi connectivity index (χ0v) is 17.5. The van der Waals surface area contributed by atoms with Crippen LogP contribution in [0.3, 0.4) is 0 Å². The maximum atomic E-state index is 5.58. The number of hydrogen-bond donors (Lipinski definition) is 2. The summed E-state index contributed by atoms with van der Waals surface area (Å²) in [5.41, 5.74) is 2.23. The Balaban J connectivity index is 1.26. The van der Waals surface area contributed by atoms with Crippen molar-refractivity contribution in [3.63, 3.8) is 0 Å². The van der Waals surface area contributed by atoms with Crippen molar-refractivity contribution in [1.29, 1.82) is 0 Å². The Kier molecular flexibility index (Phi) is 6.59. The number of benzene rings is 1. The number of rotatable bonds is 7. The fourth-order valence-corrected chi connectivity index (χ4v) is 4.32. The molecule has 4 rings (SSSR count). The molecule has 0 amide bonds. The first kappa shape index (κ1) is 19.7. The molecular weight excluding hydrogens is 382 g/mol. The van der Waals surface area contributed by atoms with Crippen molar-refractivity contribution in [1.82, 2.24) is 20.5 Å². The molecule has 6 nitrogen and oxygen atoms in total. The number of hydrogen-bond acceptors (Lipinski definition) is 5. The normalized spacial score (nSPS) is 17.6. The second kappa shape index (κ2) is 9.71. The van der Waals surface area contributed by atoms with Crippen LogP contribution in [0.25, 0.3) is 10.8 Å². The Morgan fingerprint density at radius 2 is 2.14 bits per heavy atom. The summed E-state index contributed by atoms with van der Waals surface area (Å²) in [5.74, 6) is 1.46. The standard InChI is InChI=1S/C22H27N5OS/c1-23-22(24-13-18-16-28-21(26-18)20-10-6-12-29-20)25-14-19-9-5-11-27(19)15-17-7-3-2-4-8-17/h2-4,6-8,10,12,16,19H,5,9,11,13-15H2,1H3,(H2,23,24,25). The first-order chi connectivity index (χ1) is 14.3. The fourth-order valence-electron chi connectivity index (χ4n) is 3.66. The molecule has 0 saturated carbocycles. The summed E-state index contributed by atoms with van der Waals surface area (Å²) in [6.45, 7) is 3.61. The van der Waals surface area contributed by atoms with E-state index in [4.69, 9.17) is 4.42 Å². The molecule has 3 aromatic rings. The molecule has 152 valence electrons. The van der Waals surface area contributed by atoms with E-state index in [9.17, 15) is 0 Å². The third kappa shape index (κ3) is 5.25. The van der Waals surface area contributed by atoms with Crippen molar-refractivity contribution in [3.05, 3.63) is 65.4 Å². The van der Waals surface area contributed by atoms with Gasteiger partial charge in [-0.25, -0.2) is 4.98 Å². The second-order valence-electron chi connectivity index (χ2n) is 7.18. The second-order valence-corrected chi connectivity index (χ2v) is 8.13. The summed E-state index contributed by atoms with van der Waals surface area (Å²) in [7, 11) is 1.80. The quantitative estimate of drug-likeness (QED) is 0.460. The zero-order valence-electron chi connectivity index (χ0n) is 16.7. The average Bonchev–Trinajstić information content (AvgIpc) is 3.51. The molecule has 0 aliphatic carbocycles. The minimum atomic E-state index is 0.520. The third-order valence-electron chi connectivity index (χ3n) is 5.18. The largest absolute Gasteiger partial charge is 0.443 e. The maximum Gasteiger partial charge on any atom is 0.236 e. The van der Waals surface area contributed by atoms with Crippen molar-refractivity contribution in [2.45, 2.75) is 32.0 Å². The number of aliphatic imine (C=N–C) groups is 1. The molecule has 2 N–H and O–H groups in total. The predicted molar refractivity (Wildman–Crippen MR) is 118 cm³/mol. The van der Waals surface area contributed by atoms with Crippen LogP contribution in [0, 0.1) is 0 Å². The van der Waals surface area contributed by atoms with Gasteiger partial charge >= 0.3 is 0 Å². The van der Waals surface area contributed by atoms with Crippen LogP contribution in [0.1, 0.15) is 24.1 Å². The summed E-state index contributed by atoms with van der Waals surface area (Å²) < 4.78 is 5.58. The molecule has 3 heterocycles. The van der Waals surface area contributed by atoms with E-state index >= 15 is 0 Å². The lowest BCUT2D eigenvalue weighted by atomic mass is 10.2. The van der Waals surface area contributed by atoms with E-state index in [0.717, 1.165) is 36.2 Å². The molecule has 1 fully saturated rings. The van der Waals surface area contributed by atoms with Gasteiger partial charge in [0.15, 0.2) is 5.96 Å². The summed E-state index contributed by atoms with van der Waals surface area (Å²) in [5, 5.41) is 8.83. The van der Waals surface area contributed by atoms with E-state index < -0.39 is 0 Å². The highest BCUT2D eigenvalue weighted by molar-refractivity contribution is 7.13. The van der Waals surface area contributed by atoms with Crippen LogP contribution in [0.2, 0.25) is 0 Å². The van der Waals surface area contributed by atoms with Gasteiger partial charge in [-0.15, -0.1) is 11.3 Å². The predicted octanol–water partition coefficient (Wildman–Crippen LogP) is 3.73. The lowest BCUT2D eigenvalue weighted by molar-refractivity contribution is 0.245. The maximum absolute atomic E-state index is 5.58. The monoisotopic (exact) mass is 409 g/mol. The van der Waals surface area contributed by atoms with E-state index in [1.807, 2.05) is 17.5 Å². The summed E-state index contributed by atoms with van der Waals surface area (Å²) >= 11 is 1.62. The van der Waals surface area contributed by atoms with E-state index in [1.54, 1.807) is 24.6 Å². The van der Waals surface area contributed by atoms with Gasteiger partial charge in [-0.3, -0.25) is 9.89 Å². The molecule has 7 heteroatoms. The Bertz CT molecular complexity index is 906. The van der Waals surface area contributed by atoms with Gasteiger partial charge in [-0.1, -0.05) is 36.4 Å². The zero-order chi connectivity index (χ0) is 19.9. The first-order valence-corrected chi connectivity index (χ1v) is 10.9. The highest BCUT2D eigenvalue weighted by Crippen LogP contribution is 2.23. The van der Waals surface area contributed by atoms with Crippen LogP contribution in [0.15, 0.2) is 63.5 Å². The van der Waals surface area contributed by atoms with Crippen LogP contribution < -0.4 is 10.6 Å². The Labute approximate surface area is 175 Å². The van der Waals surface area contributed by atoms with Gasteiger partial charge in [0.05, 0.1) is 17.1 Å².